The van der Waals surface area contributed by atoms with E-state index in [0.717, 1.165) is 17.7 Å². The molecule has 7 nitrogen and oxygen atoms in total. The third kappa shape index (κ3) is 5.71. The Kier molecular flexibility index (Phi) is 6.82. The van der Waals surface area contributed by atoms with Crippen LogP contribution in [0.25, 0.3) is 11.4 Å². The van der Waals surface area contributed by atoms with Crippen LogP contribution in [0.2, 0.25) is 0 Å². The number of halogens is 4. The van der Waals surface area contributed by atoms with Crippen molar-refractivity contribution in [3.8, 4) is 11.4 Å². The summed E-state index contributed by atoms with van der Waals surface area (Å²) < 4.78 is 57.1. The molecule has 1 aliphatic rings. The number of carbonyl (C=O) groups is 1. The van der Waals surface area contributed by atoms with E-state index in [1.165, 1.54) is 24.3 Å². The molecule has 1 saturated heterocycles. The molecule has 2 heterocycles. The predicted molar refractivity (Wildman–Crippen MR) is 115 cm³/mol. The van der Waals surface area contributed by atoms with E-state index in [-0.39, 0.29) is 35.2 Å². The lowest BCUT2D eigenvalue weighted by Crippen LogP contribution is -2.51. The van der Waals surface area contributed by atoms with Crippen molar-refractivity contribution >= 4 is 6.03 Å². The molecule has 0 saturated carbocycles. The van der Waals surface area contributed by atoms with Crippen LogP contribution >= 0.6 is 0 Å². The van der Waals surface area contributed by atoms with Crippen molar-refractivity contribution in [1.29, 1.82) is 0 Å². The summed E-state index contributed by atoms with van der Waals surface area (Å²) in [6.07, 6.45) is -4.45. The van der Waals surface area contributed by atoms with Crippen LogP contribution in [-0.4, -0.2) is 52.2 Å². The lowest BCUT2D eigenvalue weighted by Gasteiger charge is -2.34. The van der Waals surface area contributed by atoms with Crippen LogP contribution in [0.5, 0.6) is 0 Å². The van der Waals surface area contributed by atoms with Gasteiger partial charge in [-0.15, -0.1) is 0 Å². The van der Waals surface area contributed by atoms with Crippen molar-refractivity contribution in [2.75, 3.05) is 26.2 Å². The van der Waals surface area contributed by atoms with Crippen LogP contribution in [0.15, 0.2) is 53.1 Å². The van der Waals surface area contributed by atoms with Gasteiger partial charge in [0.25, 0.3) is 0 Å². The van der Waals surface area contributed by atoms with E-state index in [2.05, 4.69) is 15.5 Å². The van der Waals surface area contributed by atoms with Crippen LogP contribution < -0.4 is 5.32 Å². The van der Waals surface area contributed by atoms with Crippen LogP contribution in [-0.2, 0) is 12.7 Å². The fourth-order valence-corrected chi connectivity index (χ4v) is 3.68. The van der Waals surface area contributed by atoms with Gasteiger partial charge in [-0.2, -0.15) is 18.2 Å². The molecule has 2 amide bonds. The number of carbonyl (C=O) groups excluding carboxylic acids is 1. The highest BCUT2D eigenvalue weighted by Gasteiger charge is 2.31. The van der Waals surface area contributed by atoms with Gasteiger partial charge >= 0.3 is 12.2 Å². The molecule has 1 fully saturated rings. The van der Waals surface area contributed by atoms with Crippen molar-refractivity contribution < 1.29 is 26.9 Å². The van der Waals surface area contributed by atoms with Crippen molar-refractivity contribution in [3.63, 3.8) is 0 Å². The van der Waals surface area contributed by atoms with Crippen molar-refractivity contribution in [3.05, 3.63) is 71.4 Å². The maximum atomic E-state index is 13.1. The summed E-state index contributed by atoms with van der Waals surface area (Å²) in [6.45, 7) is 4.26. The molecular weight excluding hydrogens is 454 g/mol. The highest BCUT2D eigenvalue weighted by atomic mass is 19.4. The van der Waals surface area contributed by atoms with Gasteiger partial charge in [0.05, 0.1) is 18.2 Å². The van der Waals surface area contributed by atoms with E-state index in [9.17, 15) is 22.4 Å². The zero-order valence-electron chi connectivity index (χ0n) is 18.3. The van der Waals surface area contributed by atoms with Crippen LogP contribution in [0.1, 0.15) is 30.0 Å². The van der Waals surface area contributed by atoms with Crippen molar-refractivity contribution in [1.82, 2.24) is 25.3 Å². The molecule has 2 aromatic carbocycles. The Hall–Kier alpha value is -3.47. The number of aromatic nitrogens is 2. The van der Waals surface area contributed by atoms with E-state index in [4.69, 9.17) is 4.52 Å². The van der Waals surface area contributed by atoms with Crippen LogP contribution in [0.4, 0.5) is 22.4 Å². The zero-order valence-corrected chi connectivity index (χ0v) is 18.3. The second-order valence-electron chi connectivity index (χ2n) is 8.08. The molecule has 4 rings (SSSR count). The molecule has 3 aromatic rings. The van der Waals surface area contributed by atoms with Gasteiger partial charge in [0.2, 0.25) is 11.7 Å². The fraction of sp³-hybridized carbons (Fsp3) is 0.348. The molecule has 1 aliphatic heterocycles. The molecule has 1 aromatic heterocycles. The molecular formula is C23H23F4N5O2. The number of amides is 2. The number of urea groups is 1. The first-order chi connectivity index (χ1) is 16.2. The molecule has 0 bridgehead atoms. The maximum absolute atomic E-state index is 13.1. The van der Waals surface area contributed by atoms with Gasteiger partial charge in [0.15, 0.2) is 0 Å². The van der Waals surface area contributed by atoms with Gasteiger partial charge in [-0.25, -0.2) is 9.18 Å². The molecule has 1 atom stereocenters. The van der Waals surface area contributed by atoms with E-state index in [1.54, 1.807) is 17.0 Å². The van der Waals surface area contributed by atoms with Crippen molar-refractivity contribution in [2.24, 2.45) is 0 Å². The highest BCUT2D eigenvalue weighted by Crippen LogP contribution is 2.31. The summed E-state index contributed by atoms with van der Waals surface area (Å²) in [5.41, 5.74) is 0.252. The number of nitrogens with zero attached hydrogens (tertiary/aromatic N) is 4. The first-order valence-electron chi connectivity index (χ1n) is 10.7. The molecule has 0 spiro atoms. The Morgan fingerprint density at radius 3 is 2.50 bits per heavy atom. The lowest BCUT2D eigenvalue weighted by molar-refractivity contribution is -0.137. The van der Waals surface area contributed by atoms with Crippen molar-refractivity contribution in [2.45, 2.75) is 25.7 Å². The number of piperazine rings is 1. The quantitative estimate of drug-likeness (QED) is 0.549. The van der Waals surface area contributed by atoms with E-state index in [1.807, 2.05) is 11.8 Å². The van der Waals surface area contributed by atoms with Crippen LogP contribution in [0.3, 0.4) is 0 Å². The Balaban J connectivity index is 1.29. The lowest BCUT2D eigenvalue weighted by atomic mass is 10.1. The summed E-state index contributed by atoms with van der Waals surface area (Å²) in [5.74, 6) is 0.0470. The van der Waals surface area contributed by atoms with Gasteiger partial charge in [0.1, 0.15) is 5.82 Å². The largest absolute Gasteiger partial charge is 0.416 e. The minimum Gasteiger partial charge on any atom is -0.338 e. The Morgan fingerprint density at radius 1 is 1.12 bits per heavy atom. The number of nitrogens with one attached hydrogen (secondary N) is 1. The predicted octanol–water partition coefficient (Wildman–Crippen LogP) is 4.48. The third-order valence-electron chi connectivity index (χ3n) is 5.64. The number of alkyl halides is 3. The highest BCUT2D eigenvalue weighted by molar-refractivity contribution is 5.74. The molecule has 0 radical (unpaired) electrons. The molecule has 1 N–H and O–H groups in total. The Morgan fingerprint density at radius 2 is 1.82 bits per heavy atom. The number of rotatable bonds is 5. The number of hydrogen-bond acceptors (Lipinski definition) is 5. The summed E-state index contributed by atoms with van der Waals surface area (Å²) in [7, 11) is 0. The van der Waals surface area contributed by atoms with E-state index in [0.29, 0.717) is 32.7 Å². The average Bonchev–Trinajstić information content (AvgIpc) is 3.28. The van der Waals surface area contributed by atoms with Gasteiger partial charge in [-0.3, -0.25) is 4.90 Å². The van der Waals surface area contributed by atoms with E-state index >= 15 is 0 Å². The molecule has 1 unspecified atom stereocenters. The Bertz CT molecular complexity index is 1120. The first-order valence-corrected chi connectivity index (χ1v) is 10.7. The van der Waals surface area contributed by atoms with Gasteiger partial charge in [-0.05, 0) is 36.8 Å². The van der Waals surface area contributed by atoms with Gasteiger partial charge in [-0.1, -0.05) is 29.4 Å². The SMILES string of the molecule is CC(NC(=O)N1CCN(Cc2nc(-c3cccc(C(F)(F)F)c3)no2)CC1)c1ccc(F)cc1. The minimum absolute atomic E-state index is 0.0916. The molecule has 34 heavy (non-hydrogen) atoms. The monoisotopic (exact) mass is 477 g/mol. The second-order valence-corrected chi connectivity index (χ2v) is 8.08. The molecule has 11 heteroatoms. The van der Waals surface area contributed by atoms with Crippen LogP contribution in [0, 0.1) is 5.82 Å². The summed E-state index contributed by atoms with van der Waals surface area (Å²) in [5, 5.41) is 6.72. The minimum atomic E-state index is -4.45. The topological polar surface area (TPSA) is 74.5 Å². The third-order valence-corrected chi connectivity index (χ3v) is 5.64. The standard InChI is InChI=1S/C23H23F4N5O2/c1-15(16-5-7-19(24)8-6-16)28-22(33)32-11-9-31(10-12-32)14-20-29-21(30-34-20)17-3-2-4-18(13-17)23(25,26)27/h2-8,13,15H,9-12,14H2,1H3,(H,28,33). The molecule has 180 valence electrons. The summed E-state index contributed by atoms with van der Waals surface area (Å²) >= 11 is 0. The number of benzene rings is 2. The molecule has 0 aliphatic carbocycles. The summed E-state index contributed by atoms with van der Waals surface area (Å²) in [4.78, 5) is 20.5. The first kappa shape index (κ1) is 23.7. The van der Waals surface area contributed by atoms with E-state index < -0.39 is 11.7 Å². The zero-order chi connectivity index (χ0) is 24.3. The fourth-order valence-electron chi connectivity index (χ4n) is 3.68. The maximum Gasteiger partial charge on any atom is 0.416 e. The normalized spacial score (nSPS) is 15.9. The smallest absolute Gasteiger partial charge is 0.338 e. The second kappa shape index (κ2) is 9.80. The summed E-state index contributed by atoms with van der Waals surface area (Å²) in [6, 6.07) is 10.3. The number of hydrogen-bond donors (Lipinski definition) is 1. The van der Waals surface area contributed by atoms with Gasteiger partial charge in [0, 0.05) is 31.7 Å². The van der Waals surface area contributed by atoms with Gasteiger partial charge < -0.3 is 14.7 Å². The Labute approximate surface area is 193 Å². The average molecular weight is 477 g/mol.